The minimum Gasteiger partial charge on any atom is -0.480 e. The number of hydrogen-bond donors (Lipinski definition) is 3. The van der Waals surface area contributed by atoms with Crippen LogP contribution < -0.4 is 11.3 Å². The van der Waals surface area contributed by atoms with Crippen LogP contribution in [0.25, 0.3) is 0 Å². The normalized spacial score (nSPS) is 13.9. The van der Waals surface area contributed by atoms with Crippen molar-refractivity contribution in [3.8, 4) is 0 Å². The molecule has 1 rings (SSSR count). The zero-order chi connectivity index (χ0) is 11.8. The molecule has 1 aromatic rings. The number of nitrogens with two attached hydrogens (primary N) is 1. The van der Waals surface area contributed by atoms with Gasteiger partial charge in [0.25, 0.3) is 5.56 Å². The van der Waals surface area contributed by atoms with Crippen LogP contribution in [-0.2, 0) is 10.2 Å². The number of carbonyl (C=O) groups is 1. The molecule has 0 radical (unpaired) electrons. The summed E-state index contributed by atoms with van der Waals surface area (Å²) in [4.78, 5) is 22.0. The molecule has 6 nitrogen and oxygen atoms in total. The standard InChI is InChI=1S/C9H14N2O4/c1-9(2,3)6-4(5(10)8(13)14)7(12)11-15-6/h5H,10H2,1-3H3,(H,11,12)(H,13,14). The molecular weight excluding hydrogens is 200 g/mol. The van der Waals surface area contributed by atoms with E-state index in [0.717, 1.165) is 0 Å². The molecule has 0 fully saturated rings. The first-order valence-electron chi connectivity index (χ1n) is 4.45. The molecule has 0 bridgehead atoms. The Bertz CT molecular complexity index is 424. The molecule has 0 aromatic carbocycles. The predicted molar refractivity (Wildman–Crippen MR) is 52.6 cm³/mol. The maximum Gasteiger partial charge on any atom is 0.325 e. The van der Waals surface area contributed by atoms with E-state index in [1.807, 2.05) is 0 Å². The predicted octanol–water partition coefficient (Wildman–Crippen LogP) is 0.350. The second-order valence-electron chi connectivity index (χ2n) is 4.34. The van der Waals surface area contributed by atoms with Crippen LogP contribution in [-0.4, -0.2) is 16.2 Å². The second-order valence-corrected chi connectivity index (χ2v) is 4.34. The van der Waals surface area contributed by atoms with Gasteiger partial charge in [-0.3, -0.25) is 9.59 Å². The topological polar surface area (TPSA) is 109 Å². The van der Waals surface area contributed by atoms with Gasteiger partial charge in [-0.2, -0.15) is 5.16 Å². The summed E-state index contributed by atoms with van der Waals surface area (Å²) in [6, 6.07) is -1.36. The quantitative estimate of drug-likeness (QED) is 0.658. The fourth-order valence-corrected chi connectivity index (χ4v) is 1.27. The lowest BCUT2D eigenvalue weighted by Gasteiger charge is -2.16. The van der Waals surface area contributed by atoms with Crippen LogP contribution in [0, 0.1) is 0 Å². The van der Waals surface area contributed by atoms with Gasteiger partial charge in [-0.15, -0.1) is 0 Å². The van der Waals surface area contributed by atoms with Gasteiger partial charge in [0.05, 0.1) is 5.56 Å². The monoisotopic (exact) mass is 214 g/mol. The van der Waals surface area contributed by atoms with Crippen molar-refractivity contribution in [2.24, 2.45) is 5.73 Å². The Morgan fingerprint density at radius 1 is 1.53 bits per heavy atom. The van der Waals surface area contributed by atoms with Gasteiger partial charge in [0.15, 0.2) is 0 Å². The molecule has 1 unspecified atom stereocenters. The highest BCUT2D eigenvalue weighted by molar-refractivity contribution is 5.75. The van der Waals surface area contributed by atoms with Gasteiger partial charge in [-0.05, 0) is 0 Å². The van der Waals surface area contributed by atoms with Gasteiger partial charge in [-0.25, -0.2) is 0 Å². The summed E-state index contributed by atoms with van der Waals surface area (Å²) in [7, 11) is 0. The number of rotatable bonds is 2. The second kappa shape index (κ2) is 3.54. The number of nitrogens with one attached hydrogen (secondary N) is 1. The molecule has 6 heteroatoms. The molecule has 0 aliphatic heterocycles. The van der Waals surface area contributed by atoms with Crippen molar-refractivity contribution in [1.29, 1.82) is 0 Å². The number of aromatic amines is 1. The van der Waals surface area contributed by atoms with Crippen LogP contribution in [0.3, 0.4) is 0 Å². The van der Waals surface area contributed by atoms with E-state index >= 15 is 0 Å². The van der Waals surface area contributed by atoms with E-state index in [1.54, 1.807) is 20.8 Å². The number of carboxylic acids is 1. The van der Waals surface area contributed by atoms with E-state index in [1.165, 1.54) is 0 Å². The lowest BCUT2D eigenvalue weighted by molar-refractivity contribution is -0.138. The smallest absolute Gasteiger partial charge is 0.325 e. The Balaban J connectivity index is 3.34. The van der Waals surface area contributed by atoms with Gasteiger partial charge in [0, 0.05) is 5.41 Å². The van der Waals surface area contributed by atoms with Crippen molar-refractivity contribution in [3.63, 3.8) is 0 Å². The van der Waals surface area contributed by atoms with E-state index < -0.39 is 23.0 Å². The maximum atomic E-state index is 11.3. The van der Waals surface area contributed by atoms with E-state index in [9.17, 15) is 9.59 Å². The molecule has 1 atom stereocenters. The van der Waals surface area contributed by atoms with Crippen LogP contribution in [0.4, 0.5) is 0 Å². The molecule has 1 heterocycles. The van der Waals surface area contributed by atoms with Gasteiger partial charge in [0.2, 0.25) is 0 Å². The maximum absolute atomic E-state index is 11.3. The Morgan fingerprint density at radius 2 is 2.07 bits per heavy atom. The highest BCUT2D eigenvalue weighted by Crippen LogP contribution is 2.26. The number of aromatic nitrogens is 1. The third-order valence-electron chi connectivity index (χ3n) is 1.99. The zero-order valence-electron chi connectivity index (χ0n) is 8.83. The van der Waals surface area contributed by atoms with Gasteiger partial charge >= 0.3 is 5.97 Å². The van der Waals surface area contributed by atoms with Gasteiger partial charge in [0.1, 0.15) is 11.8 Å². The SMILES string of the molecule is CC(C)(C)c1o[nH]c(=O)c1C(N)C(=O)O. The van der Waals surface area contributed by atoms with Crippen molar-refractivity contribution < 1.29 is 14.4 Å². The first kappa shape index (κ1) is 11.5. The summed E-state index contributed by atoms with van der Waals surface area (Å²) in [5.74, 6) is -0.977. The van der Waals surface area contributed by atoms with E-state index in [4.69, 9.17) is 15.4 Å². The third kappa shape index (κ3) is 2.10. The molecule has 84 valence electrons. The summed E-state index contributed by atoms with van der Waals surface area (Å²) in [6.07, 6.45) is 0. The van der Waals surface area contributed by atoms with Crippen LogP contribution >= 0.6 is 0 Å². The minimum absolute atomic E-state index is 0.0185. The molecule has 4 N–H and O–H groups in total. The number of aliphatic carboxylic acids is 1. The molecule has 0 spiro atoms. The third-order valence-corrected chi connectivity index (χ3v) is 1.99. The fourth-order valence-electron chi connectivity index (χ4n) is 1.27. The Kier molecular flexibility index (Phi) is 2.72. The molecule has 0 aliphatic rings. The summed E-state index contributed by atoms with van der Waals surface area (Å²) in [5, 5.41) is 10.9. The first-order chi connectivity index (χ1) is 6.75. The number of hydrogen-bond acceptors (Lipinski definition) is 4. The van der Waals surface area contributed by atoms with E-state index in [-0.39, 0.29) is 11.3 Å². The summed E-state index contributed by atoms with van der Waals surface area (Å²) < 4.78 is 4.95. The lowest BCUT2D eigenvalue weighted by atomic mass is 9.88. The van der Waals surface area contributed by atoms with Crippen molar-refractivity contribution in [2.45, 2.75) is 32.2 Å². The lowest BCUT2D eigenvalue weighted by Crippen LogP contribution is -2.29. The molecule has 0 saturated heterocycles. The summed E-state index contributed by atoms with van der Waals surface area (Å²) >= 11 is 0. The zero-order valence-corrected chi connectivity index (χ0v) is 8.83. The van der Waals surface area contributed by atoms with Crippen molar-refractivity contribution in [1.82, 2.24) is 5.16 Å². The van der Waals surface area contributed by atoms with Gasteiger partial charge in [-0.1, -0.05) is 20.8 Å². The van der Waals surface area contributed by atoms with Gasteiger partial charge < -0.3 is 15.4 Å². The molecular formula is C9H14N2O4. The summed E-state index contributed by atoms with van der Waals surface area (Å²) in [6.45, 7) is 5.41. The minimum atomic E-state index is -1.36. The first-order valence-corrected chi connectivity index (χ1v) is 4.45. The molecule has 15 heavy (non-hydrogen) atoms. The molecule has 0 saturated carbocycles. The average molecular weight is 214 g/mol. The number of H-pyrrole nitrogens is 1. The van der Waals surface area contributed by atoms with Crippen LogP contribution in [0.1, 0.15) is 38.1 Å². The highest BCUT2D eigenvalue weighted by Gasteiger charge is 2.31. The molecule has 1 aromatic heterocycles. The fraction of sp³-hybridized carbons (Fsp3) is 0.556. The van der Waals surface area contributed by atoms with Crippen molar-refractivity contribution in [3.05, 3.63) is 21.7 Å². The average Bonchev–Trinajstić information content (AvgIpc) is 2.44. The van der Waals surface area contributed by atoms with Crippen molar-refractivity contribution >= 4 is 5.97 Å². The Hall–Kier alpha value is -1.56. The van der Waals surface area contributed by atoms with Crippen LogP contribution in [0.2, 0.25) is 0 Å². The van der Waals surface area contributed by atoms with E-state index in [0.29, 0.717) is 0 Å². The largest absolute Gasteiger partial charge is 0.480 e. The highest BCUT2D eigenvalue weighted by atomic mass is 16.5. The number of carboxylic acid groups (broad SMARTS) is 1. The Morgan fingerprint density at radius 3 is 2.47 bits per heavy atom. The van der Waals surface area contributed by atoms with E-state index in [2.05, 4.69) is 5.16 Å². The molecule has 0 aliphatic carbocycles. The molecule has 0 amide bonds. The van der Waals surface area contributed by atoms with Crippen LogP contribution in [0.5, 0.6) is 0 Å². The summed E-state index contributed by atoms with van der Waals surface area (Å²) in [5.41, 5.74) is 4.32. The van der Waals surface area contributed by atoms with Crippen LogP contribution in [0.15, 0.2) is 9.32 Å². The Labute approximate surface area is 86.0 Å². The van der Waals surface area contributed by atoms with Crippen molar-refractivity contribution in [2.75, 3.05) is 0 Å².